The fourth-order valence-electron chi connectivity index (χ4n) is 4.95. The Morgan fingerprint density at radius 3 is 1.68 bits per heavy atom. The average Bonchev–Trinajstić information content (AvgIpc) is 2.92. The van der Waals surface area contributed by atoms with Gasteiger partial charge in [-0.05, 0) is 12.0 Å². The molecule has 0 saturated heterocycles. The molecule has 0 bridgehead atoms. The second kappa shape index (κ2) is 20.9. The van der Waals surface area contributed by atoms with E-state index in [-0.39, 0.29) is 12.0 Å². The molecule has 0 radical (unpaired) electrons. The van der Waals surface area contributed by atoms with Crippen molar-refractivity contribution >= 4 is 0 Å². The van der Waals surface area contributed by atoms with Crippen LogP contribution in [0.15, 0.2) is 47.4 Å². The largest absolute Gasteiger partial charge is 0.488 e. The van der Waals surface area contributed by atoms with Crippen molar-refractivity contribution in [2.24, 2.45) is 0 Å². The van der Waals surface area contributed by atoms with Gasteiger partial charge in [0.1, 0.15) is 0 Å². The fourth-order valence-corrected chi connectivity index (χ4v) is 4.95. The van der Waals surface area contributed by atoms with Gasteiger partial charge in [0.05, 0.1) is 19.4 Å². The molecule has 208 valence electrons. The van der Waals surface area contributed by atoms with Crippen molar-refractivity contribution in [1.82, 2.24) is 4.57 Å². The van der Waals surface area contributed by atoms with E-state index >= 15 is 0 Å². The Morgan fingerprint density at radius 1 is 0.703 bits per heavy atom. The zero-order chi connectivity index (χ0) is 26.4. The molecule has 1 aromatic carbocycles. The second-order valence-corrected chi connectivity index (χ2v) is 10.6. The number of hydrogen-bond donors (Lipinski definition) is 1. The molecule has 0 saturated carbocycles. The van der Waals surface area contributed by atoms with Gasteiger partial charge in [-0.2, -0.15) is 0 Å². The van der Waals surface area contributed by atoms with E-state index in [1.807, 2.05) is 34.9 Å². The van der Waals surface area contributed by atoms with E-state index in [2.05, 4.69) is 6.92 Å². The maximum absolute atomic E-state index is 12.4. The van der Waals surface area contributed by atoms with Crippen LogP contribution in [-0.4, -0.2) is 16.3 Å². The van der Waals surface area contributed by atoms with Crippen LogP contribution in [0.4, 0.5) is 0 Å². The average molecular weight is 512 g/mol. The lowest BCUT2D eigenvalue weighted by atomic mass is 10.0. The zero-order valence-electron chi connectivity index (χ0n) is 23.6. The van der Waals surface area contributed by atoms with Crippen molar-refractivity contribution in [3.8, 4) is 5.75 Å². The first-order chi connectivity index (χ1) is 18.2. The molecule has 1 N–H and O–H groups in total. The van der Waals surface area contributed by atoms with Gasteiger partial charge in [-0.3, -0.25) is 4.79 Å². The topological polar surface area (TPSA) is 51.5 Å². The van der Waals surface area contributed by atoms with E-state index < -0.39 is 0 Å². The lowest BCUT2D eigenvalue weighted by Crippen LogP contribution is -2.16. The molecular weight excluding hydrogens is 458 g/mol. The minimum Gasteiger partial charge on any atom is -0.488 e. The first-order valence-electron chi connectivity index (χ1n) is 15.3. The molecule has 4 nitrogen and oxygen atoms in total. The van der Waals surface area contributed by atoms with E-state index in [1.54, 1.807) is 6.20 Å². The highest BCUT2D eigenvalue weighted by Gasteiger charge is 2.08. The highest BCUT2D eigenvalue weighted by atomic mass is 16.5. The number of hydrogen-bond acceptors (Lipinski definition) is 3. The highest BCUT2D eigenvalue weighted by Crippen LogP contribution is 2.15. The van der Waals surface area contributed by atoms with Gasteiger partial charge >= 0.3 is 0 Å². The van der Waals surface area contributed by atoms with Crippen LogP contribution in [0.25, 0.3) is 0 Å². The lowest BCUT2D eigenvalue weighted by molar-refractivity contribution is 0.267. The number of unbranched alkanes of at least 4 members (excludes halogenated alkanes) is 17. The van der Waals surface area contributed by atoms with E-state index in [1.165, 1.54) is 109 Å². The monoisotopic (exact) mass is 511 g/mol. The molecule has 0 atom stereocenters. The van der Waals surface area contributed by atoms with Gasteiger partial charge in [0.2, 0.25) is 5.43 Å². The molecular formula is C33H53NO3. The number of ether oxygens (including phenoxy) is 1. The van der Waals surface area contributed by atoms with Gasteiger partial charge in [0.25, 0.3) is 0 Å². The molecule has 0 aliphatic heterocycles. The Kier molecular flexibility index (Phi) is 17.6. The molecule has 2 aromatic rings. The summed E-state index contributed by atoms with van der Waals surface area (Å²) in [6.07, 6.45) is 26.1. The van der Waals surface area contributed by atoms with Crippen LogP contribution in [0.1, 0.15) is 134 Å². The van der Waals surface area contributed by atoms with Crippen LogP contribution < -0.4 is 10.2 Å². The Morgan fingerprint density at radius 2 is 1.19 bits per heavy atom. The number of benzene rings is 1. The second-order valence-electron chi connectivity index (χ2n) is 10.6. The van der Waals surface area contributed by atoms with Crippen LogP contribution in [0, 0.1) is 0 Å². The molecule has 1 aromatic heterocycles. The molecule has 1 heterocycles. The number of nitrogens with zero attached hydrogens (tertiary/aromatic N) is 1. The quantitative estimate of drug-likeness (QED) is 0.152. The Bertz CT molecular complexity index is 862. The van der Waals surface area contributed by atoms with Gasteiger partial charge in [0.15, 0.2) is 5.75 Å². The van der Waals surface area contributed by atoms with Crippen molar-refractivity contribution in [3.63, 3.8) is 0 Å². The molecule has 2 rings (SSSR count). The molecule has 0 spiro atoms. The predicted octanol–water partition coefficient (Wildman–Crippen LogP) is 8.81. The molecule has 0 fully saturated rings. The minimum absolute atomic E-state index is 0.157. The highest BCUT2D eigenvalue weighted by molar-refractivity contribution is 5.24. The summed E-state index contributed by atoms with van der Waals surface area (Å²) < 4.78 is 7.73. The van der Waals surface area contributed by atoms with Gasteiger partial charge < -0.3 is 14.4 Å². The van der Waals surface area contributed by atoms with Gasteiger partial charge in [-0.1, -0.05) is 146 Å². The standard InChI is InChI=1S/C33H53NO3/c1-2-3-4-5-6-7-8-9-10-11-12-13-14-15-16-17-18-22-25-37-33-28-34(31(29-35)26-32(33)36)27-30-23-20-19-21-24-30/h19-21,23-24,26,28,35H,2-18,22,25,27,29H2,1H3. The summed E-state index contributed by atoms with van der Waals surface area (Å²) in [7, 11) is 0. The summed E-state index contributed by atoms with van der Waals surface area (Å²) in [5, 5.41) is 9.66. The van der Waals surface area contributed by atoms with Crippen molar-refractivity contribution < 1.29 is 9.84 Å². The Balaban J connectivity index is 1.46. The summed E-state index contributed by atoms with van der Waals surface area (Å²) >= 11 is 0. The van der Waals surface area contributed by atoms with Crippen molar-refractivity contribution in [2.45, 2.75) is 136 Å². The first kappa shape index (κ1) is 31.1. The number of rotatable bonds is 23. The smallest absolute Gasteiger partial charge is 0.223 e. The fraction of sp³-hybridized carbons (Fsp3) is 0.667. The molecule has 37 heavy (non-hydrogen) atoms. The third-order valence-corrected chi connectivity index (χ3v) is 7.30. The molecule has 4 heteroatoms. The summed E-state index contributed by atoms with van der Waals surface area (Å²) in [6, 6.07) is 11.5. The number of aliphatic hydroxyl groups excluding tert-OH is 1. The maximum atomic E-state index is 12.4. The normalized spacial score (nSPS) is 11.2. The lowest BCUT2D eigenvalue weighted by Gasteiger charge is -2.14. The van der Waals surface area contributed by atoms with Crippen molar-refractivity contribution in [2.75, 3.05) is 6.61 Å². The van der Waals surface area contributed by atoms with Gasteiger partial charge in [-0.25, -0.2) is 0 Å². The predicted molar refractivity (Wildman–Crippen MR) is 156 cm³/mol. The summed E-state index contributed by atoms with van der Waals surface area (Å²) in [5.41, 5.74) is 1.57. The van der Waals surface area contributed by atoms with E-state index in [0.717, 1.165) is 18.4 Å². The van der Waals surface area contributed by atoms with Crippen molar-refractivity contribution in [3.05, 3.63) is 64.1 Å². The van der Waals surface area contributed by atoms with Crippen LogP contribution in [0.3, 0.4) is 0 Å². The summed E-state index contributed by atoms with van der Waals surface area (Å²) in [5.74, 6) is 0.375. The molecule has 0 aliphatic carbocycles. The SMILES string of the molecule is CCCCCCCCCCCCCCCCCCCCOc1cn(Cc2ccccc2)c(CO)cc1=O. The van der Waals surface area contributed by atoms with Crippen LogP contribution in [-0.2, 0) is 13.2 Å². The molecule has 0 amide bonds. The molecule has 0 unspecified atom stereocenters. The van der Waals surface area contributed by atoms with Gasteiger partial charge in [0, 0.05) is 18.3 Å². The number of pyridine rings is 1. The minimum atomic E-state index is -0.165. The van der Waals surface area contributed by atoms with E-state index in [9.17, 15) is 9.90 Å². The summed E-state index contributed by atoms with van der Waals surface area (Å²) in [6.45, 7) is 3.29. The van der Waals surface area contributed by atoms with Crippen LogP contribution in [0.2, 0.25) is 0 Å². The van der Waals surface area contributed by atoms with E-state index in [4.69, 9.17) is 4.74 Å². The first-order valence-corrected chi connectivity index (χ1v) is 15.3. The Hall–Kier alpha value is -2.07. The van der Waals surface area contributed by atoms with Gasteiger partial charge in [-0.15, -0.1) is 0 Å². The third-order valence-electron chi connectivity index (χ3n) is 7.30. The summed E-state index contributed by atoms with van der Waals surface area (Å²) in [4.78, 5) is 12.4. The Labute approximate surface area is 226 Å². The third kappa shape index (κ3) is 14.4. The maximum Gasteiger partial charge on any atom is 0.223 e. The molecule has 0 aliphatic rings. The zero-order valence-corrected chi connectivity index (χ0v) is 23.6. The number of aromatic nitrogens is 1. The van der Waals surface area contributed by atoms with Crippen molar-refractivity contribution in [1.29, 1.82) is 0 Å². The van der Waals surface area contributed by atoms with Crippen LogP contribution in [0.5, 0.6) is 5.75 Å². The van der Waals surface area contributed by atoms with E-state index in [0.29, 0.717) is 24.6 Å². The van der Waals surface area contributed by atoms with Crippen LogP contribution >= 0.6 is 0 Å². The number of aliphatic hydroxyl groups is 1.